The maximum atomic E-state index is 13.6. The molecule has 1 aromatic carbocycles. The summed E-state index contributed by atoms with van der Waals surface area (Å²) in [6.07, 6.45) is 1.30. The standard InChI is InChI=1S/C12H11F2N3O2/c1-15-10(12(18)19)11-16-5-9(17-11)7-3-2-6(13)4-8(7)14/h2-5,10,15H,1H3,(H,16,17)(H,18,19). The lowest BCUT2D eigenvalue weighted by Gasteiger charge is -2.07. The van der Waals surface area contributed by atoms with Crippen molar-refractivity contribution in [1.82, 2.24) is 15.3 Å². The highest BCUT2D eigenvalue weighted by atomic mass is 19.1. The van der Waals surface area contributed by atoms with E-state index in [4.69, 9.17) is 5.11 Å². The number of nitrogens with zero attached hydrogens (tertiary/aromatic N) is 1. The number of carbonyl (C=O) groups is 1. The van der Waals surface area contributed by atoms with Crippen LogP contribution in [0.5, 0.6) is 0 Å². The van der Waals surface area contributed by atoms with Crippen LogP contribution in [0.15, 0.2) is 24.4 Å². The third kappa shape index (κ3) is 2.60. The van der Waals surface area contributed by atoms with Gasteiger partial charge in [-0.05, 0) is 19.2 Å². The summed E-state index contributed by atoms with van der Waals surface area (Å²) in [6, 6.07) is 2.11. The van der Waals surface area contributed by atoms with E-state index in [2.05, 4.69) is 15.3 Å². The number of carboxylic acids is 1. The smallest absolute Gasteiger partial charge is 0.328 e. The first-order valence-electron chi connectivity index (χ1n) is 5.43. The van der Waals surface area contributed by atoms with Crippen molar-refractivity contribution >= 4 is 5.97 Å². The van der Waals surface area contributed by atoms with Gasteiger partial charge in [-0.2, -0.15) is 0 Å². The molecule has 0 saturated carbocycles. The minimum absolute atomic E-state index is 0.125. The Hall–Kier alpha value is -2.28. The lowest BCUT2D eigenvalue weighted by Crippen LogP contribution is -2.26. The van der Waals surface area contributed by atoms with Gasteiger partial charge in [-0.3, -0.25) is 4.79 Å². The fourth-order valence-corrected chi connectivity index (χ4v) is 1.71. The molecule has 0 spiro atoms. The molecule has 7 heteroatoms. The first-order chi connectivity index (χ1) is 9.02. The summed E-state index contributed by atoms with van der Waals surface area (Å²) in [6.45, 7) is 0. The van der Waals surface area contributed by atoms with Gasteiger partial charge in [0.15, 0.2) is 6.04 Å². The number of aliphatic carboxylic acids is 1. The number of likely N-dealkylation sites (N-methyl/N-ethyl adjacent to an activating group) is 1. The molecule has 0 bridgehead atoms. The third-order valence-electron chi connectivity index (χ3n) is 2.63. The monoisotopic (exact) mass is 267 g/mol. The molecule has 0 aliphatic heterocycles. The first-order valence-corrected chi connectivity index (χ1v) is 5.43. The van der Waals surface area contributed by atoms with E-state index < -0.39 is 23.6 Å². The predicted molar refractivity (Wildman–Crippen MR) is 63.4 cm³/mol. The van der Waals surface area contributed by atoms with Crippen LogP contribution in [0.2, 0.25) is 0 Å². The number of imidazole rings is 1. The lowest BCUT2D eigenvalue weighted by atomic mass is 10.1. The van der Waals surface area contributed by atoms with Gasteiger partial charge in [0.1, 0.15) is 17.5 Å². The summed E-state index contributed by atoms with van der Waals surface area (Å²) in [5, 5.41) is 11.5. The van der Waals surface area contributed by atoms with E-state index in [9.17, 15) is 13.6 Å². The number of carboxylic acid groups (broad SMARTS) is 1. The Morgan fingerprint density at radius 2 is 2.21 bits per heavy atom. The second-order valence-corrected chi connectivity index (χ2v) is 3.87. The molecule has 2 rings (SSSR count). The average Bonchev–Trinajstić information content (AvgIpc) is 2.78. The number of rotatable bonds is 4. The van der Waals surface area contributed by atoms with Crippen LogP contribution >= 0.6 is 0 Å². The SMILES string of the molecule is CNC(C(=O)O)c1ncc(-c2ccc(F)cc2F)[nH]1. The second kappa shape index (κ2) is 5.15. The van der Waals surface area contributed by atoms with E-state index in [1.807, 2.05) is 0 Å². The fourth-order valence-electron chi connectivity index (χ4n) is 1.71. The topological polar surface area (TPSA) is 78.0 Å². The van der Waals surface area contributed by atoms with Gasteiger partial charge in [0.05, 0.1) is 11.9 Å². The summed E-state index contributed by atoms with van der Waals surface area (Å²) in [5.41, 5.74) is 0.411. The van der Waals surface area contributed by atoms with E-state index in [0.717, 1.165) is 12.1 Å². The van der Waals surface area contributed by atoms with Crippen LogP contribution in [0.4, 0.5) is 8.78 Å². The van der Waals surface area contributed by atoms with Crippen molar-refractivity contribution in [1.29, 1.82) is 0 Å². The number of H-pyrrole nitrogens is 1. The number of aromatic amines is 1. The molecule has 0 fully saturated rings. The first kappa shape index (κ1) is 13.2. The molecule has 0 aliphatic rings. The Balaban J connectivity index is 2.38. The van der Waals surface area contributed by atoms with Gasteiger partial charge in [0.2, 0.25) is 0 Å². The number of benzene rings is 1. The van der Waals surface area contributed by atoms with E-state index in [1.54, 1.807) is 0 Å². The van der Waals surface area contributed by atoms with E-state index in [-0.39, 0.29) is 17.1 Å². The molecular formula is C12H11F2N3O2. The minimum Gasteiger partial charge on any atom is -0.480 e. The maximum Gasteiger partial charge on any atom is 0.328 e. The Labute approximate surface area is 107 Å². The number of nitrogens with one attached hydrogen (secondary N) is 2. The fraction of sp³-hybridized carbons (Fsp3) is 0.167. The molecule has 1 unspecified atom stereocenters. The molecule has 2 aromatic rings. The number of hydrogen-bond acceptors (Lipinski definition) is 3. The Kier molecular flexibility index (Phi) is 3.57. The molecule has 0 amide bonds. The van der Waals surface area contributed by atoms with Crippen molar-refractivity contribution < 1.29 is 18.7 Å². The normalized spacial score (nSPS) is 12.4. The number of halogens is 2. The van der Waals surface area contributed by atoms with Crippen molar-refractivity contribution in [3.8, 4) is 11.3 Å². The molecule has 1 heterocycles. The highest BCUT2D eigenvalue weighted by molar-refractivity contribution is 5.74. The van der Waals surface area contributed by atoms with Crippen molar-refractivity contribution in [3.05, 3.63) is 41.9 Å². The Bertz CT molecular complexity index is 613. The molecule has 5 nitrogen and oxygen atoms in total. The number of aromatic nitrogens is 2. The Morgan fingerprint density at radius 1 is 1.47 bits per heavy atom. The summed E-state index contributed by atoms with van der Waals surface area (Å²) in [5.74, 6) is -2.39. The van der Waals surface area contributed by atoms with Crippen LogP contribution < -0.4 is 5.32 Å². The predicted octanol–water partition coefficient (Wildman–Crippen LogP) is 1.70. The molecule has 1 aromatic heterocycles. The van der Waals surface area contributed by atoms with Crippen LogP contribution in [0.25, 0.3) is 11.3 Å². The van der Waals surface area contributed by atoms with Gasteiger partial charge >= 0.3 is 5.97 Å². The molecule has 0 radical (unpaired) electrons. The zero-order chi connectivity index (χ0) is 14.0. The minimum atomic E-state index is -1.11. The van der Waals surface area contributed by atoms with Gasteiger partial charge in [-0.15, -0.1) is 0 Å². The van der Waals surface area contributed by atoms with E-state index in [1.165, 1.54) is 19.3 Å². The molecule has 19 heavy (non-hydrogen) atoms. The van der Waals surface area contributed by atoms with Gasteiger partial charge in [0, 0.05) is 11.6 Å². The van der Waals surface area contributed by atoms with Crippen molar-refractivity contribution in [2.75, 3.05) is 7.05 Å². The molecule has 0 saturated heterocycles. The average molecular weight is 267 g/mol. The number of hydrogen-bond donors (Lipinski definition) is 3. The molecule has 0 aliphatic carbocycles. The molecule has 3 N–H and O–H groups in total. The van der Waals surface area contributed by atoms with Gasteiger partial charge in [0.25, 0.3) is 0 Å². The largest absolute Gasteiger partial charge is 0.480 e. The lowest BCUT2D eigenvalue weighted by molar-refractivity contribution is -0.139. The summed E-state index contributed by atoms with van der Waals surface area (Å²) in [4.78, 5) is 17.5. The highest BCUT2D eigenvalue weighted by Crippen LogP contribution is 2.23. The van der Waals surface area contributed by atoms with E-state index >= 15 is 0 Å². The summed E-state index contributed by atoms with van der Waals surface area (Å²) < 4.78 is 26.4. The molecule has 1 atom stereocenters. The van der Waals surface area contributed by atoms with Gasteiger partial charge in [-0.1, -0.05) is 0 Å². The maximum absolute atomic E-state index is 13.6. The second-order valence-electron chi connectivity index (χ2n) is 3.87. The van der Waals surface area contributed by atoms with Crippen LogP contribution in [-0.4, -0.2) is 28.1 Å². The van der Waals surface area contributed by atoms with Gasteiger partial charge < -0.3 is 15.4 Å². The van der Waals surface area contributed by atoms with E-state index in [0.29, 0.717) is 0 Å². The van der Waals surface area contributed by atoms with Crippen LogP contribution in [0.3, 0.4) is 0 Å². The third-order valence-corrected chi connectivity index (χ3v) is 2.63. The summed E-state index contributed by atoms with van der Waals surface area (Å²) >= 11 is 0. The zero-order valence-electron chi connectivity index (χ0n) is 9.95. The van der Waals surface area contributed by atoms with Crippen molar-refractivity contribution in [3.63, 3.8) is 0 Å². The van der Waals surface area contributed by atoms with Crippen LogP contribution in [0, 0.1) is 11.6 Å². The van der Waals surface area contributed by atoms with Crippen LogP contribution in [-0.2, 0) is 4.79 Å². The zero-order valence-corrected chi connectivity index (χ0v) is 9.95. The van der Waals surface area contributed by atoms with Gasteiger partial charge in [-0.25, -0.2) is 13.8 Å². The quantitative estimate of drug-likeness (QED) is 0.788. The Morgan fingerprint density at radius 3 is 2.79 bits per heavy atom. The van der Waals surface area contributed by atoms with Crippen molar-refractivity contribution in [2.24, 2.45) is 0 Å². The van der Waals surface area contributed by atoms with Crippen LogP contribution in [0.1, 0.15) is 11.9 Å². The molecule has 100 valence electrons. The van der Waals surface area contributed by atoms with Crippen molar-refractivity contribution in [2.45, 2.75) is 6.04 Å². The summed E-state index contributed by atoms with van der Waals surface area (Å²) in [7, 11) is 1.47. The highest BCUT2D eigenvalue weighted by Gasteiger charge is 2.21. The molecular weight excluding hydrogens is 256 g/mol.